The molecule has 0 radical (unpaired) electrons. The lowest BCUT2D eigenvalue weighted by atomic mass is 10.1. The second-order valence-electron chi connectivity index (χ2n) is 4.63. The molecule has 0 saturated carbocycles. The van der Waals surface area contributed by atoms with Crippen molar-refractivity contribution in [1.82, 2.24) is 4.98 Å². The van der Waals surface area contributed by atoms with Gasteiger partial charge < -0.3 is 21.2 Å². The summed E-state index contributed by atoms with van der Waals surface area (Å²) < 4.78 is 0.656. The largest absolute Gasteiger partial charge is 0.754 e. The first-order valence-corrected chi connectivity index (χ1v) is 6.61. The Kier molecular flexibility index (Phi) is 4.07. The minimum atomic E-state index is 0.0108. The average Bonchev–Trinajstić information content (AvgIpc) is 2.41. The van der Waals surface area contributed by atoms with E-state index in [2.05, 4.69) is 22.1 Å². The third kappa shape index (κ3) is 2.75. The Balaban J connectivity index is 2.22. The van der Waals surface area contributed by atoms with Gasteiger partial charge in [-0.25, -0.2) is 4.73 Å². The summed E-state index contributed by atoms with van der Waals surface area (Å²) >= 11 is 0. The highest BCUT2D eigenvalue weighted by atomic mass is 16.5. The molecular formula is C12H21N5O. The lowest BCUT2D eigenvalue weighted by Gasteiger charge is -2.27. The van der Waals surface area contributed by atoms with Gasteiger partial charge in [0.05, 0.1) is 6.07 Å². The van der Waals surface area contributed by atoms with Crippen LogP contribution in [0.3, 0.4) is 0 Å². The lowest BCUT2D eigenvalue weighted by Crippen LogP contribution is -2.38. The third-order valence-electron chi connectivity index (χ3n) is 3.16. The Morgan fingerprint density at radius 3 is 2.83 bits per heavy atom. The van der Waals surface area contributed by atoms with Gasteiger partial charge in [0, 0.05) is 19.6 Å². The summed E-state index contributed by atoms with van der Waals surface area (Å²) in [5.41, 5.74) is 5.67. The van der Waals surface area contributed by atoms with E-state index in [9.17, 15) is 5.21 Å². The summed E-state index contributed by atoms with van der Waals surface area (Å²) in [6.45, 7) is 4.79. The maximum Gasteiger partial charge on any atom is 0.346 e. The number of aromatic nitrogens is 2. The van der Waals surface area contributed by atoms with E-state index in [0.29, 0.717) is 10.5 Å². The molecule has 0 unspecified atom stereocenters. The Morgan fingerprint density at radius 2 is 2.17 bits per heavy atom. The first-order valence-electron chi connectivity index (χ1n) is 6.61. The van der Waals surface area contributed by atoms with Crippen molar-refractivity contribution in [1.29, 1.82) is 0 Å². The zero-order valence-electron chi connectivity index (χ0n) is 10.9. The van der Waals surface area contributed by atoms with Crippen molar-refractivity contribution < 1.29 is 4.73 Å². The van der Waals surface area contributed by atoms with E-state index >= 15 is 0 Å². The van der Waals surface area contributed by atoms with Gasteiger partial charge >= 0.3 is 5.95 Å². The Bertz CT molecular complexity index is 404. The quantitative estimate of drug-likeness (QED) is 0.619. The van der Waals surface area contributed by atoms with Gasteiger partial charge in [-0.05, 0) is 25.7 Å². The van der Waals surface area contributed by atoms with Crippen LogP contribution in [-0.4, -0.2) is 24.6 Å². The van der Waals surface area contributed by atoms with Crippen molar-refractivity contribution in [3.8, 4) is 0 Å². The summed E-state index contributed by atoms with van der Waals surface area (Å²) in [7, 11) is 0. The van der Waals surface area contributed by atoms with E-state index in [1.807, 2.05) is 0 Å². The molecule has 1 aliphatic heterocycles. The Morgan fingerprint density at radius 1 is 1.44 bits per heavy atom. The summed E-state index contributed by atoms with van der Waals surface area (Å²) in [4.78, 5) is 6.37. The Hall–Kier alpha value is -1.72. The second-order valence-corrected chi connectivity index (χ2v) is 4.63. The zero-order valence-corrected chi connectivity index (χ0v) is 10.9. The van der Waals surface area contributed by atoms with Gasteiger partial charge in [-0.1, -0.05) is 11.9 Å². The molecule has 0 aromatic carbocycles. The molecule has 0 aliphatic carbocycles. The van der Waals surface area contributed by atoms with Crippen molar-refractivity contribution in [3.05, 3.63) is 11.3 Å². The van der Waals surface area contributed by atoms with E-state index in [-0.39, 0.29) is 5.95 Å². The molecule has 18 heavy (non-hydrogen) atoms. The van der Waals surface area contributed by atoms with Crippen LogP contribution < -0.4 is 20.7 Å². The third-order valence-corrected chi connectivity index (χ3v) is 3.16. The summed E-state index contributed by atoms with van der Waals surface area (Å²) in [6.07, 6.45) is 4.57. The molecule has 2 heterocycles. The number of hydrogen-bond donors (Lipinski definition) is 2. The van der Waals surface area contributed by atoms with Gasteiger partial charge in [-0.2, -0.15) is 0 Å². The SMILES string of the molecule is CCCNc1cc(N2CCCCC2)nc(N)[n+]1[O-]. The van der Waals surface area contributed by atoms with Gasteiger partial charge in [0.2, 0.25) is 0 Å². The molecule has 1 saturated heterocycles. The molecule has 6 nitrogen and oxygen atoms in total. The van der Waals surface area contributed by atoms with Crippen LogP contribution in [0.1, 0.15) is 32.6 Å². The molecule has 1 fully saturated rings. The van der Waals surface area contributed by atoms with Gasteiger partial charge in [0.15, 0.2) is 11.6 Å². The topological polar surface area (TPSA) is 81.1 Å². The lowest BCUT2D eigenvalue weighted by molar-refractivity contribution is -0.577. The molecule has 1 aliphatic rings. The normalized spacial score (nSPS) is 15.7. The minimum absolute atomic E-state index is 0.0108. The minimum Gasteiger partial charge on any atom is -0.754 e. The van der Waals surface area contributed by atoms with Crippen molar-refractivity contribution in [2.24, 2.45) is 0 Å². The van der Waals surface area contributed by atoms with Crippen LogP contribution in [0.2, 0.25) is 0 Å². The number of nitrogens with two attached hydrogens (primary N) is 1. The van der Waals surface area contributed by atoms with Gasteiger partial charge in [-0.15, -0.1) is 0 Å². The number of rotatable bonds is 4. The first-order chi connectivity index (χ1) is 8.72. The van der Waals surface area contributed by atoms with Gasteiger partial charge in [0.25, 0.3) is 0 Å². The average molecular weight is 251 g/mol. The summed E-state index contributed by atoms with van der Waals surface area (Å²) in [5.74, 6) is 1.31. The van der Waals surface area contributed by atoms with Crippen LogP contribution in [0.25, 0.3) is 0 Å². The van der Waals surface area contributed by atoms with E-state index in [1.165, 1.54) is 19.3 Å². The molecule has 0 bridgehead atoms. The van der Waals surface area contributed by atoms with Crippen molar-refractivity contribution in [2.75, 3.05) is 35.6 Å². The van der Waals surface area contributed by atoms with Crippen LogP contribution in [0.5, 0.6) is 0 Å². The predicted octanol–water partition coefficient (Wildman–Crippen LogP) is 1.11. The van der Waals surface area contributed by atoms with Crippen LogP contribution >= 0.6 is 0 Å². The fraction of sp³-hybridized carbons (Fsp3) is 0.667. The van der Waals surface area contributed by atoms with Gasteiger partial charge in [0.1, 0.15) is 0 Å². The fourth-order valence-corrected chi connectivity index (χ4v) is 2.16. The van der Waals surface area contributed by atoms with E-state index in [4.69, 9.17) is 5.73 Å². The smallest absolute Gasteiger partial charge is 0.346 e. The van der Waals surface area contributed by atoms with Crippen molar-refractivity contribution in [3.63, 3.8) is 0 Å². The maximum atomic E-state index is 11.8. The number of hydrogen-bond acceptors (Lipinski definition) is 5. The molecule has 0 amide bonds. The highest BCUT2D eigenvalue weighted by Crippen LogP contribution is 2.20. The molecule has 100 valence electrons. The van der Waals surface area contributed by atoms with Crippen LogP contribution in [-0.2, 0) is 0 Å². The molecule has 6 heteroatoms. The molecule has 0 spiro atoms. The van der Waals surface area contributed by atoms with Gasteiger partial charge in [-0.3, -0.25) is 0 Å². The summed E-state index contributed by atoms with van der Waals surface area (Å²) in [5, 5.41) is 14.8. The maximum absolute atomic E-state index is 11.8. The monoisotopic (exact) mass is 251 g/mol. The number of anilines is 3. The highest BCUT2D eigenvalue weighted by Gasteiger charge is 2.17. The molecule has 2 rings (SSSR count). The van der Waals surface area contributed by atoms with Crippen LogP contribution in [0.15, 0.2) is 6.07 Å². The number of nitrogen functional groups attached to an aromatic ring is 1. The molecule has 0 atom stereocenters. The fourth-order valence-electron chi connectivity index (χ4n) is 2.16. The number of piperidine rings is 1. The number of nitrogens with one attached hydrogen (secondary N) is 1. The van der Waals surface area contributed by atoms with Crippen molar-refractivity contribution in [2.45, 2.75) is 32.6 Å². The standard InChI is InChI=1S/C12H21N5O/c1-2-6-14-10-9-11(15-12(13)17(10)18)16-7-4-3-5-8-16/h9,14H,2-8H2,1H3,(H2,13,15). The molecular weight excluding hydrogens is 230 g/mol. The molecule has 1 aromatic heterocycles. The van der Waals surface area contributed by atoms with E-state index in [1.54, 1.807) is 6.07 Å². The molecule has 3 N–H and O–H groups in total. The van der Waals surface area contributed by atoms with Crippen LogP contribution in [0, 0.1) is 5.21 Å². The first kappa shape index (κ1) is 12.7. The second kappa shape index (κ2) is 5.75. The molecule has 1 aromatic rings. The van der Waals surface area contributed by atoms with E-state index < -0.39 is 0 Å². The zero-order chi connectivity index (χ0) is 13.0. The Labute approximate surface area is 107 Å². The van der Waals surface area contributed by atoms with Crippen LogP contribution in [0.4, 0.5) is 17.6 Å². The predicted molar refractivity (Wildman–Crippen MR) is 72.5 cm³/mol. The van der Waals surface area contributed by atoms with E-state index in [0.717, 1.165) is 31.9 Å². The number of nitrogens with zero attached hydrogens (tertiary/aromatic N) is 3. The summed E-state index contributed by atoms with van der Waals surface area (Å²) in [6, 6.07) is 1.80. The van der Waals surface area contributed by atoms with Crippen molar-refractivity contribution >= 4 is 17.6 Å². The highest BCUT2D eigenvalue weighted by molar-refractivity contribution is 5.49.